The minimum Gasteiger partial charge on any atom is -0.420 e. The normalized spacial score (nSPS) is 10.8. The molecule has 0 atom stereocenters. The molecule has 0 fully saturated rings. The molecule has 0 aliphatic rings. The van der Waals surface area contributed by atoms with Crippen molar-refractivity contribution in [2.75, 3.05) is 5.73 Å². The topological polar surface area (TPSA) is 90.7 Å². The van der Waals surface area contributed by atoms with Crippen LogP contribution in [0.5, 0.6) is 0 Å². The van der Waals surface area contributed by atoms with E-state index in [0.29, 0.717) is 28.5 Å². The van der Waals surface area contributed by atoms with E-state index in [0.717, 1.165) is 11.3 Å². The highest BCUT2D eigenvalue weighted by molar-refractivity contribution is 7.98. The van der Waals surface area contributed by atoms with E-state index in [1.54, 1.807) is 6.07 Å². The molecule has 1 aromatic carbocycles. The summed E-state index contributed by atoms with van der Waals surface area (Å²) in [5.41, 5.74) is 8.63. The molecule has 112 valence electrons. The van der Waals surface area contributed by atoms with Gasteiger partial charge in [0, 0.05) is 17.3 Å². The van der Waals surface area contributed by atoms with Crippen LogP contribution in [0.3, 0.4) is 0 Å². The average Bonchev–Trinajstić information content (AvgIpc) is 2.94. The highest BCUT2D eigenvalue weighted by Gasteiger charge is 2.10. The molecular weight excluding hydrogens is 298 g/mol. The van der Waals surface area contributed by atoms with E-state index >= 15 is 0 Å². The molecule has 0 saturated heterocycles. The van der Waals surface area contributed by atoms with Gasteiger partial charge in [-0.1, -0.05) is 29.5 Å². The first-order valence-electron chi connectivity index (χ1n) is 6.73. The summed E-state index contributed by atoms with van der Waals surface area (Å²) in [6.07, 6.45) is 0. The van der Waals surface area contributed by atoms with Gasteiger partial charge in [0.1, 0.15) is 5.82 Å². The van der Waals surface area contributed by atoms with Crippen molar-refractivity contribution in [2.45, 2.75) is 24.8 Å². The fourth-order valence-electron chi connectivity index (χ4n) is 1.88. The Morgan fingerprint density at radius 2 is 1.86 bits per heavy atom. The Morgan fingerprint density at radius 3 is 2.59 bits per heavy atom. The summed E-state index contributed by atoms with van der Waals surface area (Å²) in [4.78, 5) is 8.47. The number of aryl methyl sites for hydroxylation is 2. The molecule has 0 aliphatic carbocycles. The second-order valence-electron chi connectivity index (χ2n) is 4.87. The zero-order chi connectivity index (χ0) is 15.5. The van der Waals surface area contributed by atoms with Crippen LogP contribution < -0.4 is 5.73 Å². The minimum absolute atomic E-state index is 0.459. The van der Waals surface area contributed by atoms with Crippen LogP contribution >= 0.6 is 11.8 Å². The van der Waals surface area contributed by atoms with Gasteiger partial charge in [0.05, 0.1) is 5.75 Å². The lowest BCUT2D eigenvalue weighted by Gasteiger charge is -2.00. The van der Waals surface area contributed by atoms with Crippen molar-refractivity contribution in [3.63, 3.8) is 0 Å². The van der Waals surface area contributed by atoms with Crippen LogP contribution in [-0.4, -0.2) is 20.2 Å². The van der Waals surface area contributed by atoms with Crippen molar-refractivity contribution >= 4 is 17.6 Å². The summed E-state index contributed by atoms with van der Waals surface area (Å²) in [6.45, 7) is 3.91. The number of anilines is 1. The largest absolute Gasteiger partial charge is 0.420 e. The summed E-state index contributed by atoms with van der Waals surface area (Å²) in [6, 6.07) is 9.68. The molecule has 3 rings (SSSR count). The van der Waals surface area contributed by atoms with Gasteiger partial charge in [-0.05, 0) is 26.0 Å². The number of thioether (sulfide) groups is 1. The van der Waals surface area contributed by atoms with Crippen LogP contribution in [-0.2, 0) is 5.75 Å². The first-order chi connectivity index (χ1) is 10.6. The molecule has 0 aliphatic heterocycles. The number of aromatic nitrogens is 4. The first kappa shape index (κ1) is 14.5. The molecule has 22 heavy (non-hydrogen) atoms. The van der Waals surface area contributed by atoms with Crippen LogP contribution in [0.25, 0.3) is 11.5 Å². The molecule has 0 spiro atoms. The minimum atomic E-state index is 0.459. The smallest absolute Gasteiger partial charge is 0.247 e. The number of hydrogen-bond donors (Lipinski definition) is 1. The van der Waals surface area contributed by atoms with E-state index in [1.807, 2.05) is 38.1 Å². The Bertz CT molecular complexity index is 765. The quantitative estimate of drug-likeness (QED) is 0.584. The molecule has 0 radical (unpaired) electrons. The SMILES string of the molecule is Cc1ccc(-c2nnc(CSc3nc(C)cc(N)n3)o2)cc1. The highest BCUT2D eigenvalue weighted by Crippen LogP contribution is 2.23. The Labute approximate surface area is 132 Å². The maximum Gasteiger partial charge on any atom is 0.247 e. The van der Waals surface area contributed by atoms with Gasteiger partial charge in [0.15, 0.2) is 5.16 Å². The number of nitrogen functional groups attached to an aromatic ring is 1. The molecule has 2 N–H and O–H groups in total. The molecule has 0 bridgehead atoms. The van der Waals surface area contributed by atoms with Gasteiger partial charge >= 0.3 is 0 Å². The zero-order valence-corrected chi connectivity index (χ0v) is 13.1. The lowest BCUT2D eigenvalue weighted by molar-refractivity contribution is 0.528. The van der Waals surface area contributed by atoms with E-state index in [2.05, 4.69) is 20.2 Å². The van der Waals surface area contributed by atoms with E-state index in [1.165, 1.54) is 17.3 Å². The van der Waals surface area contributed by atoms with Gasteiger partial charge in [-0.3, -0.25) is 0 Å². The van der Waals surface area contributed by atoms with Gasteiger partial charge in [-0.15, -0.1) is 10.2 Å². The standard InChI is InChI=1S/C15H15N5OS/c1-9-3-5-11(6-4-9)14-20-19-13(21-14)8-22-15-17-10(2)7-12(16)18-15/h3-7H,8H2,1-2H3,(H2,16,17,18). The van der Waals surface area contributed by atoms with Crippen molar-refractivity contribution < 1.29 is 4.42 Å². The average molecular weight is 313 g/mol. The van der Waals surface area contributed by atoms with Crippen molar-refractivity contribution in [2.24, 2.45) is 0 Å². The number of nitrogens with zero attached hydrogens (tertiary/aromatic N) is 4. The molecule has 0 unspecified atom stereocenters. The Morgan fingerprint density at radius 1 is 1.09 bits per heavy atom. The molecule has 7 heteroatoms. The summed E-state index contributed by atoms with van der Waals surface area (Å²) in [5, 5.41) is 8.72. The molecule has 0 amide bonds. The van der Waals surface area contributed by atoms with Crippen LogP contribution in [0.2, 0.25) is 0 Å². The van der Waals surface area contributed by atoms with Gasteiger partial charge in [0.25, 0.3) is 0 Å². The second kappa shape index (κ2) is 6.15. The number of nitrogens with two attached hydrogens (primary N) is 1. The Hall–Kier alpha value is -2.41. The fourth-order valence-corrected chi connectivity index (χ4v) is 2.63. The van der Waals surface area contributed by atoms with Gasteiger partial charge in [0.2, 0.25) is 11.8 Å². The van der Waals surface area contributed by atoms with Gasteiger partial charge in [-0.2, -0.15) is 0 Å². The van der Waals surface area contributed by atoms with Crippen molar-refractivity contribution in [1.29, 1.82) is 0 Å². The van der Waals surface area contributed by atoms with Crippen LogP contribution in [0.15, 0.2) is 39.9 Å². The number of rotatable bonds is 4. The number of benzene rings is 1. The van der Waals surface area contributed by atoms with E-state index in [9.17, 15) is 0 Å². The number of hydrogen-bond acceptors (Lipinski definition) is 7. The van der Waals surface area contributed by atoms with Crippen LogP contribution in [0.4, 0.5) is 5.82 Å². The first-order valence-corrected chi connectivity index (χ1v) is 7.72. The molecular formula is C15H15N5OS. The lowest BCUT2D eigenvalue weighted by Crippen LogP contribution is -1.96. The molecule has 2 heterocycles. The highest BCUT2D eigenvalue weighted by atomic mass is 32.2. The third-order valence-corrected chi connectivity index (χ3v) is 3.78. The predicted molar refractivity (Wildman–Crippen MR) is 85.2 cm³/mol. The molecule has 2 aromatic heterocycles. The third kappa shape index (κ3) is 3.43. The zero-order valence-electron chi connectivity index (χ0n) is 12.3. The summed E-state index contributed by atoms with van der Waals surface area (Å²) >= 11 is 1.41. The Kier molecular flexibility index (Phi) is 4.06. The third-order valence-electron chi connectivity index (χ3n) is 2.94. The van der Waals surface area contributed by atoms with Crippen molar-refractivity contribution in [1.82, 2.24) is 20.2 Å². The van der Waals surface area contributed by atoms with Crippen molar-refractivity contribution in [3.05, 3.63) is 47.5 Å². The maximum atomic E-state index is 5.70. The van der Waals surface area contributed by atoms with Crippen molar-refractivity contribution in [3.8, 4) is 11.5 Å². The summed E-state index contributed by atoms with van der Waals surface area (Å²) in [7, 11) is 0. The fraction of sp³-hybridized carbons (Fsp3) is 0.200. The monoisotopic (exact) mass is 313 g/mol. The lowest BCUT2D eigenvalue weighted by atomic mass is 10.1. The molecule has 0 saturated carbocycles. The van der Waals surface area contributed by atoms with E-state index in [4.69, 9.17) is 10.2 Å². The van der Waals surface area contributed by atoms with Crippen LogP contribution in [0.1, 0.15) is 17.1 Å². The van der Waals surface area contributed by atoms with E-state index < -0.39 is 0 Å². The molecule has 3 aromatic rings. The van der Waals surface area contributed by atoms with Gasteiger partial charge < -0.3 is 10.2 Å². The van der Waals surface area contributed by atoms with Crippen LogP contribution in [0, 0.1) is 13.8 Å². The second-order valence-corrected chi connectivity index (χ2v) is 5.81. The predicted octanol–water partition coefficient (Wildman–Crippen LogP) is 3.02. The summed E-state index contributed by atoms with van der Waals surface area (Å²) < 4.78 is 5.66. The van der Waals surface area contributed by atoms with Gasteiger partial charge in [-0.25, -0.2) is 9.97 Å². The maximum absolute atomic E-state index is 5.70. The molecule has 6 nitrogen and oxygen atoms in total. The van der Waals surface area contributed by atoms with E-state index in [-0.39, 0.29) is 0 Å². The Balaban J connectivity index is 1.70. The summed E-state index contributed by atoms with van der Waals surface area (Å²) in [5.74, 6) is 2.01.